The van der Waals surface area contributed by atoms with Crippen LogP contribution in [-0.2, 0) is 14.8 Å². The number of hydrogen-bond donors (Lipinski definition) is 1. The minimum absolute atomic E-state index is 0.125. The van der Waals surface area contributed by atoms with Gasteiger partial charge >= 0.3 is 15.5 Å². The molecule has 0 spiro atoms. The molecule has 0 aromatic heterocycles. The molecule has 1 heterocycles. The Balaban J connectivity index is 2.33. The second kappa shape index (κ2) is 5.79. The molecule has 0 atom stereocenters. The summed E-state index contributed by atoms with van der Waals surface area (Å²) in [5, 5.41) is 0. The molecule has 9 heteroatoms. The zero-order chi connectivity index (χ0) is 16.5. The zero-order valence-electron chi connectivity index (χ0n) is 11.8. The van der Waals surface area contributed by atoms with E-state index in [-0.39, 0.29) is 11.6 Å². The average Bonchev–Trinajstić information content (AvgIpc) is 2.40. The number of piperidine rings is 1. The smallest absolute Gasteiger partial charge is 0.312 e. The SMILES string of the molecule is Cc1ccc(N2CCCCC2=O)cc1NS(=O)(=O)C(F)(F)F. The van der Waals surface area contributed by atoms with Gasteiger partial charge in [-0.25, -0.2) is 0 Å². The van der Waals surface area contributed by atoms with E-state index in [1.165, 1.54) is 28.7 Å². The van der Waals surface area contributed by atoms with E-state index in [2.05, 4.69) is 0 Å². The Morgan fingerprint density at radius 3 is 2.50 bits per heavy atom. The highest BCUT2D eigenvalue weighted by Gasteiger charge is 2.46. The van der Waals surface area contributed by atoms with Crippen LogP contribution in [0.25, 0.3) is 0 Å². The third kappa shape index (κ3) is 3.34. The summed E-state index contributed by atoms with van der Waals surface area (Å²) in [7, 11) is -5.49. The first-order chi connectivity index (χ1) is 10.1. The van der Waals surface area contributed by atoms with E-state index in [1.807, 2.05) is 0 Å². The number of amides is 1. The van der Waals surface area contributed by atoms with Crippen molar-refractivity contribution in [3.63, 3.8) is 0 Å². The van der Waals surface area contributed by atoms with Crippen LogP contribution in [0.4, 0.5) is 24.5 Å². The molecule has 1 aliphatic rings. The summed E-state index contributed by atoms with van der Waals surface area (Å²) in [6, 6.07) is 4.32. The fourth-order valence-electron chi connectivity index (χ4n) is 2.17. The fourth-order valence-corrected chi connectivity index (χ4v) is 2.79. The first-order valence-corrected chi connectivity index (χ1v) is 8.10. The number of anilines is 2. The Kier molecular flexibility index (Phi) is 4.37. The van der Waals surface area contributed by atoms with Crippen LogP contribution in [0.15, 0.2) is 18.2 Å². The summed E-state index contributed by atoms with van der Waals surface area (Å²) in [4.78, 5) is 13.3. The van der Waals surface area contributed by atoms with Gasteiger partial charge in [0.05, 0.1) is 5.69 Å². The van der Waals surface area contributed by atoms with E-state index in [4.69, 9.17) is 0 Å². The highest BCUT2D eigenvalue weighted by molar-refractivity contribution is 7.93. The second-order valence-corrected chi connectivity index (χ2v) is 6.73. The number of benzene rings is 1. The molecule has 0 bridgehead atoms. The summed E-state index contributed by atoms with van der Waals surface area (Å²) in [5.41, 5.74) is -4.86. The maximum atomic E-state index is 12.5. The van der Waals surface area contributed by atoms with Crippen molar-refractivity contribution >= 4 is 27.3 Å². The molecule has 1 N–H and O–H groups in total. The lowest BCUT2D eigenvalue weighted by Gasteiger charge is -2.27. The van der Waals surface area contributed by atoms with Gasteiger partial charge in [0.1, 0.15) is 0 Å². The minimum atomic E-state index is -5.49. The van der Waals surface area contributed by atoms with Crippen LogP contribution in [0, 0.1) is 6.92 Å². The lowest BCUT2D eigenvalue weighted by atomic mass is 10.1. The lowest BCUT2D eigenvalue weighted by Crippen LogP contribution is -2.35. The van der Waals surface area contributed by atoms with E-state index < -0.39 is 15.5 Å². The molecule has 0 saturated carbocycles. The molecule has 0 aliphatic carbocycles. The Morgan fingerprint density at radius 2 is 1.91 bits per heavy atom. The number of nitrogens with zero attached hydrogens (tertiary/aromatic N) is 1. The normalized spacial score (nSPS) is 16.7. The number of nitrogens with one attached hydrogen (secondary N) is 1. The Hall–Kier alpha value is -1.77. The molecule has 2 rings (SSSR count). The Bertz CT molecular complexity index is 686. The second-order valence-electron chi connectivity index (χ2n) is 5.05. The van der Waals surface area contributed by atoms with Crippen LogP contribution in [-0.4, -0.2) is 26.4 Å². The monoisotopic (exact) mass is 336 g/mol. The van der Waals surface area contributed by atoms with E-state index >= 15 is 0 Å². The predicted octanol–water partition coefficient (Wildman–Crippen LogP) is 2.77. The summed E-state index contributed by atoms with van der Waals surface area (Å²) in [5.74, 6) is -0.125. The van der Waals surface area contributed by atoms with Gasteiger partial charge in [-0.15, -0.1) is 0 Å². The maximum Gasteiger partial charge on any atom is 0.516 e. The van der Waals surface area contributed by atoms with Gasteiger partial charge in [-0.1, -0.05) is 6.07 Å². The molecule has 0 radical (unpaired) electrons. The van der Waals surface area contributed by atoms with Crippen LogP contribution >= 0.6 is 0 Å². The standard InChI is InChI=1S/C13H15F3N2O3S/c1-9-5-6-10(18-7-3-2-4-12(18)19)8-11(9)17-22(20,21)13(14,15)16/h5-6,8,17H,2-4,7H2,1H3. The van der Waals surface area contributed by atoms with E-state index in [9.17, 15) is 26.4 Å². The van der Waals surface area contributed by atoms with Gasteiger partial charge in [0.15, 0.2) is 0 Å². The zero-order valence-corrected chi connectivity index (χ0v) is 12.6. The molecule has 1 aromatic rings. The van der Waals surface area contributed by atoms with Crippen LogP contribution in [0.3, 0.4) is 0 Å². The summed E-state index contributed by atoms with van der Waals surface area (Å²) < 4.78 is 61.3. The highest BCUT2D eigenvalue weighted by atomic mass is 32.2. The molecule has 0 unspecified atom stereocenters. The van der Waals surface area contributed by atoms with E-state index in [1.54, 1.807) is 6.07 Å². The molecule has 122 valence electrons. The number of carbonyl (C=O) groups is 1. The van der Waals surface area contributed by atoms with Crippen molar-refractivity contribution in [2.75, 3.05) is 16.2 Å². The molecule has 22 heavy (non-hydrogen) atoms. The summed E-state index contributed by atoms with van der Waals surface area (Å²) in [6.07, 6.45) is 1.94. The third-order valence-corrected chi connectivity index (χ3v) is 4.50. The number of halogens is 3. The van der Waals surface area contributed by atoms with Gasteiger partial charge in [-0.2, -0.15) is 21.6 Å². The molecule has 1 aromatic carbocycles. The van der Waals surface area contributed by atoms with Gasteiger partial charge < -0.3 is 4.90 Å². The Morgan fingerprint density at radius 1 is 1.23 bits per heavy atom. The van der Waals surface area contributed by atoms with Crippen molar-refractivity contribution in [1.82, 2.24) is 0 Å². The average molecular weight is 336 g/mol. The number of carbonyl (C=O) groups excluding carboxylic acids is 1. The topological polar surface area (TPSA) is 66.5 Å². The first kappa shape index (κ1) is 16.6. The van der Waals surface area contributed by atoms with Gasteiger partial charge in [-0.3, -0.25) is 9.52 Å². The van der Waals surface area contributed by atoms with Gasteiger partial charge in [-0.05, 0) is 37.5 Å². The molecule has 1 aliphatic heterocycles. The van der Waals surface area contributed by atoms with Gasteiger partial charge in [0.2, 0.25) is 5.91 Å². The first-order valence-electron chi connectivity index (χ1n) is 6.62. The minimum Gasteiger partial charge on any atom is -0.312 e. The van der Waals surface area contributed by atoms with Crippen LogP contribution < -0.4 is 9.62 Å². The molecule has 1 saturated heterocycles. The molecule has 1 fully saturated rings. The highest BCUT2D eigenvalue weighted by Crippen LogP contribution is 2.30. The van der Waals surface area contributed by atoms with E-state index in [0.29, 0.717) is 24.2 Å². The van der Waals surface area contributed by atoms with Crippen LogP contribution in [0.5, 0.6) is 0 Å². The third-order valence-electron chi connectivity index (χ3n) is 3.41. The van der Waals surface area contributed by atoms with Crippen LogP contribution in [0.2, 0.25) is 0 Å². The number of sulfonamides is 1. The Labute approximate surface area is 126 Å². The number of rotatable bonds is 3. The van der Waals surface area contributed by atoms with Gasteiger partial charge in [0.25, 0.3) is 0 Å². The number of hydrogen-bond acceptors (Lipinski definition) is 3. The lowest BCUT2D eigenvalue weighted by molar-refractivity contribution is -0.119. The van der Waals surface area contributed by atoms with Crippen molar-refractivity contribution in [1.29, 1.82) is 0 Å². The predicted molar refractivity (Wildman–Crippen MR) is 76.0 cm³/mol. The van der Waals surface area contributed by atoms with Crippen molar-refractivity contribution < 1.29 is 26.4 Å². The summed E-state index contributed by atoms with van der Waals surface area (Å²) >= 11 is 0. The van der Waals surface area contributed by atoms with Crippen LogP contribution in [0.1, 0.15) is 24.8 Å². The largest absolute Gasteiger partial charge is 0.516 e. The maximum absolute atomic E-state index is 12.5. The summed E-state index contributed by atoms with van der Waals surface area (Å²) in [6.45, 7) is 1.95. The van der Waals surface area contributed by atoms with Gasteiger partial charge in [0, 0.05) is 18.7 Å². The quantitative estimate of drug-likeness (QED) is 0.923. The van der Waals surface area contributed by atoms with Crippen molar-refractivity contribution in [3.8, 4) is 0 Å². The van der Waals surface area contributed by atoms with Crippen molar-refractivity contribution in [2.24, 2.45) is 0 Å². The number of aryl methyl sites for hydroxylation is 1. The van der Waals surface area contributed by atoms with Crippen molar-refractivity contribution in [2.45, 2.75) is 31.7 Å². The van der Waals surface area contributed by atoms with E-state index in [0.717, 1.165) is 12.8 Å². The van der Waals surface area contributed by atoms with Crippen molar-refractivity contribution in [3.05, 3.63) is 23.8 Å². The molecule has 5 nitrogen and oxygen atoms in total. The molecule has 1 amide bonds. The fraction of sp³-hybridized carbons (Fsp3) is 0.462. The molecular weight excluding hydrogens is 321 g/mol. The molecular formula is C13H15F3N2O3S. The number of alkyl halides is 3.